The van der Waals surface area contributed by atoms with Gasteiger partial charge < -0.3 is 10.6 Å². The van der Waals surface area contributed by atoms with Crippen molar-refractivity contribution in [2.45, 2.75) is 39.3 Å². The van der Waals surface area contributed by atoms with E-state index in [0.29, 0.717) is 0 Å². The quantitative estimate of drug-likeness (QED) is 0.898. The molecule has 0 bridgehead atoms. The molecule has 1 saturated heterocycles. The van der Waals surface area contributed by atoms with Gasteiger partial charge in [0.15, 0.2) is 0 Å². The summed E-state index contributed by atoms with van der Waals surface area (Å²) < 4.78 is 0. The number of rotatable bonds is 5. The van der Waals surface area contributed by atoms with Gasteiger partial charge in [0.05, 0.1) is 6.04 Å². The van der Waals surface area contributed by atoms with Crippen molar-refractivity contribution in [3.8, 4) is 0 Å². The number of nitrogens with zero attached hydrogens (tertiary/aromatic N) is 2. The van der Waals surface area contributed by atoms with Gasteiger partial charge in [0.2, 0.25) is 5.91 Å². The Bertz CT molecular complexity index is 505. The van der Waals surface area contributed by atoms with Crippen LogP contribution in [-0.4, -0.2) is 47.9 Å². The first-order chi connectivity index (χ1) is 11.0. The molecule has 2 rings (SSSR count). The van der Waals surface area contributed by atoms with E-state index in [1.807, 2.05) is 24.0 Å². The molecule has 0 spiro atoms. The lowest BCUT2D eigenvalue weighted by Gasteiger charge is -2.27. The van der Waals surface area contributed by atoms with Crippen molar-refractivity contribution in [3.05, 3.63) is 34.9 Å². The summed E-state index contributed by atoms with van der Waals surface area (Å²) in [6.45, 7) is 8.49. The lowest BCUT2D eigenvalue weighted by Crippen LogP contribution is -2.48. The van der Waals surface area contributed by atoms with E-state index in [-0.39, 0.29) is 17.9 Å². The van der Waals surface area contributed by atoms with Crippen LogP contribution in [0.25, 0.3) is 0 Å². The van der Waals surface area contributed by atoms with E-state index >= 15 is 0 Å². The number of hydrogen-bond donors (Lipinski definition) is 1. The first kappa shape index (κ1) is 18.2. The summed E-state index contributed by atoms with van der Waals surface area (Å²) in [6, 6.07) is 7.61. The third kappa shape index (κ3) is 5.20. The SMILES string of the molecule is CCC(C)C(N)C(=O)N1CCCN(Cc2ccc(Cl)cc2)CC1. The molecule has 0 aromatic heterocycles. The van der Waals surface area contributed by atoms with Crippen LogP contribution in [0, 0.1) is 5.92 Å². The molecule has 1 fully saturated rings. The third-order valence-corrected chi connectivity index (χ3v) is 5.01. The average Bonchev–Trinajstić information content (AvgIpc) is 2.80. The first-order valence-electron chi connectivity index (χ1n) is 8.52. The minimum absolute atomic E-state index is 0.104. The van der Waals surface area contributed by atoms with Crippen LogP contribution in [0.5, 0.6) is 0 Å². The number of halogens is 1. The van der Waals surface area contributed by atoms with Crippen LogP contribution >= 0.6 is 11.6 Å². The topological polar surface area (TPSA) is 49.6 Å². The van der Waals surface area contributed by atoms with Gasteiger partial charge in [-0.25, -0.2) is 0 Å². The molecule has 2 atom stereocenters. The molecule has 1 aromatic carbocycles. The molecular weight excluding hydrogens is 310 g/mol. The van der Waals surface area contributed by atoms with Gasteiger partial charge in [0.25, 0.3) is 0 Å². The van der Waals surface area contributed by atoms with Crippen LogP contribution in [0.3, 0.4) is 0 Å². The van der Waals surface area contributed by atoms with Crippen LogP contribution in [0.4, 0.5) is 0 Å². The van der Waals surface area contributed by atoms with Gasteiger partial charge >= 0.3 is 0 Å². The summed E-state index contributed by atoms with van der Waals surface area (Å²) in [5.74, 6) is 0.337. The van der Waals surface area contributed by atoms with E-state index in [2.05, 4.69) is 24.0 Å². The number of hydrogen-bond acceptors (Lipinski definition) is 3. The van der Waals surface area contributed by atoms with Crippen molar-refractivity contribution in [2.24, 2.45) is 11.7 Å². The molecule has 23 heavy (non-hydrogen) atoms. The molecule has 128 valence electrons. The van der Waals surface area contributed by atoms with Crippen molar-refractivity contribution < 1.29 is 4.79 Å². The minimum Gasteiger partial charge on any atom is -0.340 e. The van der Waals surface area contributed by atoms with Crippen LogP contribution in [0.1, 0.15) is 32.3 Å². The lowest BCUT2D eigenvalue weighted by atomic mass is 9.99. The Hall–Kier alpha value is -1.10. The highest BCUT2D eigenvalue weighted by Gasteiger charge is 2.26. The van der Waals surface area contributed by atoms with Crippen molar-refractivity contribution in [1.29, 1.82) is 0 Å². The number of nitrogens with two attached hydrogens (primary N) is 1. The summed E-state index contributed by atoms with van der Waals surface area (Å²) in [6.07, 6.45) is 1.93. The molecule has 4 nitrogen and oxygen atoms in total. The fourth-order valence-corrected chi connectivity index (χ4v) is 3.03. The first-order valence-corrected chi connectivity index (χ1v) is 8.90. The average molecular weight is 338 g/mol. The Morgan fingerprint density at radius 2 is 1.91 bits per heavy atom. The Balaban J connectivity index is 1.89. The molecule has 1 aromatic rings. The van der Waals surface area contributed by atoms with Gasteiger partial charge in [-0.15, -0.1) is 0 Å². The predicted octanol–water partition coefficient (Wildman–Crippen LogP) is 2.75. The highest BCUT2D eigenvalue weighted by molar-refractivity contribution is 6.30. The smallest absolute Gasteiger partial charge is 0.239 e. The van der Waals surface area contributed by atoms with Crippen LogP contribution in [0.2, 0.25) is 5.02 Å². The highest BCUT2D eigenvalue weighted by atomic mass is 35.5. The molecule has 0 aliphatic carbocycles. The zero-order valence-electron chi connectivity index (χ0n) is 14.2. The minimum atomic E-state index is -0.372. The molecule has 5 heteroatoms. The van der Waals surface area contributed by atoms with Crippen LogP contribution in [-0.2, 0) is 11.3 Å². The van der Waals surface area contributed by atoms with Gasteiger partial charge in [0.1, 0.15) is 0 Å². The summed E-state index contributed by atoms with van der Waals surface area (Å²) in [5, 5.41) is 0.764. The standard InChI is InChI=1S/C18H28ClN3O/c1-3-14(2)17(20)18(23)22-10-4-9-21(11-12-22)13-15-5-7-16(19)8-6-15/h5-8,14,17H,3-4,9-13,20H2,1-2H3. The fraction of sp³-hybridized carbons (Fsp3) is 0.611. The van der Waals surface area contributed by atoms with Gasteiger partial charge in [-0.2, -0.15) is 0 Å². The maximum absolute atomic E-state index is 12.5. The maximum Gasteiger partial charge on any atom is 0.239 e. The monoisotopic (exact) mass is 337 g/mol. The van der Waals surface area contributed by atoms with Gasteiger partial charge in [-0.1, -0.05) is 44.0 Å². The normalized spacial score (nSPS) is 19.2. The van der Waals surface area contributed by atoms with E-state index < -0.39 is 0 Å². The molecule has 1 aliphatic rings. The number of carbonyl (C=O) groups excluding carboxylic acids is 1. The summed E-state index contributed by atoms with van der Waals surface area (Å²) in [4.78, 5) is 16.9. The van der Waals surface area contributed by atoms with Gasteiger partial charge in [0, 0.05) is 37.7 Å². The lowest BCUT2D eigenvalue weighted by molar-refractivity contribution is -0.133. The van der Waals surface area contributed by atoms with E-state index in [4.69, 9.17) is 17.3 Å². The fourth-order valence-electron chi connectivity index (χ4n) is 2.91. The molecule has 0 saturated carbocycles. The van der Waals surface area contributed by atoms with Crippen molar-refractivity contribution in [3.63, 3.8) is 0 Å². The van der Waals surface area contributed by atoms with E-state index in [0.717, 1.165) is 50.6 Å². The summed E-state index contributed by atoms with van der Waals surface area (Å²) >= 11 is 5.93. The van der Waals surface area contributed by atoms with Gasteiger partial charge in [-0.3, -0.25) is 9.69 Å². The van der Waals surface area contributed by atoms with Crippen molar-refractivity contribution in [1.82, 2.24) is 9.80 Å². The van der Waals surface area contributed by atoms with Gasteiger partial charge in [-0.05, 0) is 30.0 Å². The predicted molar refractivity (Wildman–Crippen MR) is 95.4 cm³/mol. The Kier molecular flexibility index (Phi) is 6.88. The van der Waals surface area contributed by atoms with E-state index in [1.165, 1.54) is 5.56 Å². The van der Waals surface area contributed by atoms with Crippen LogP contribution in [0.15, 0.2) is 24.3 Å². The molecule has 1 heterocycles. The number of carbonyl (C=O) groups is 1. The van der Waals surface area contributed by atoms with Crippen LogP contribution < -0.4 is 5.73 Å². The molecule has 2 N–H and O–H groups in total. The second-order valence-corrected chi connectivity index (χ2v) is 6.93. The molecule has 2 unspecified atom stereocenters. The Morgan fingerprint density at radius 3 is 2.57 bits per heavy atom. The van der Waals surface area contributed by atoms with E-state index in [1.54, 1.807) is 0 Å². The number of benzene rings is 1. The molecular formula is C18H28ClN3O. The molecule has 1 amide bonds. The zero-order valence-corrected chi connectivity index (χ0v) is 14.9. The summed E-state index contributed by atoms with van der Waals surface area (Å²) in [7, 11) is 0. The Morgan fingerprint density at radius 1 is 1.22 bits per heavy atom. The van der Waals surface area contributed by atoms with Crippen molar-refractivity contribution >= 4 is 17.5 Å². The molecule has 1 aliphatic heterocycles. The molecule has 0 radical (unpaired) electrons. The van der Waals surface area contributed by atoms with E-state index in [9.17, 15) is 4.79 Å². The Labute approximate surface area is 144 Å². The van der Waals surface area contributed by atoms with Crippen molar-refractivity contribution in [2.75, 3.05) is 26.2 Å². The second-order valence-electron chi connectivity index (χ2n) is 6.49. The third-order valence-electron chi connectivity index (χ3n) is 4.76. The summed E-state index contributed by atoms with van der Waals surface area (Å²) in [5.41, 5.74) is 7.36. The second kappa shape index (κ2) is 8.67. The maximum atomic E-state index is 12.5. The zero-order chi connectivity index (χ0) is 16.8. The highest BCUT2D eigenvalue weighted by Crippen LogP contribution is 2.14. The number of amides is 1. The largest absolute Gasteiger partial charge is 0.340 e.